The van der Waals surface area contributed by atoms with Gasteiger partial charge in [0.1, 0.15) is 23.8 Å². The number of hydrogen-bond acceptors (Lipinski definition) is 7. The zero-order chi connectivity index (χ0) is 26.7. The van der Waals surface area contributed by atoms with Gasteiger partial charge in [0, 0.05) is 12.2 Å². The lowest BCUT2D eigenvalue weighted by Gasteiger charge is -2.36. The van der Waals surface area contributed by atoms with Crippen LogP contribution in [0.5, 0.6) is 0 Å². The Labute approximate surface area is 219 Å². The summed E-state index contributed by atoms with van der Waals surface area (Å²) < 4.78 is 8.21. The number of carbonyl (C=O) groups excluding carboxylic acids is 3. The topological polar surface area (TPSA) is 139 Å². The summed E-state index contributed by atoms with van der Waals surface area (Å²) in [5.41, 5.74) is -0.0308. The number of aliphatic hydroxyl groups is 1. The lowest BCUT2D eigenvalue weighted by atomic mass is 9.62. The van der Waals surface area contributed by atoms with E-state index >= 15 is 0 Å². The molecule has 2 bridgehead atoms. The van der Waals surface area contributed by atoms with Crippen LogP contribution >= 0.6 is 0 Å². The number of benzene rings is 2. The second-order valence-corrected chi connectivity index (χ2v) is 10.6. The quantitative estimate of drug-likeness (QED) is 0.426. The molecule has 6 atom stereocenters. The highest BCUT2D eigenvalue weighted by Crippen LogP contribution is 2.65. The van der Waals surface area contributed by atoms with E-state index in [1.54, 1.807) is 16.8 Å². The number of hydrogen-bond donors (Lipinski definition) is 3. The van der Waals surface area contributed by atoms with Gasteiger partial charge in [0.05, 0.1) is 29.6 Å². The third-order valence-electron chi connectivity index (χ3n) is 8.55. The third kappa shape index (κ3) is 3.45. The molecular weight excluding hydrogens is 488 g/mol. The number of rotatable bonds is 7. The first-order valence-electron chi connectivity index (χ1n) is 12.8. The van der Waals surface area contributed by atoms with Gasteiger partial charge in [0.25, 0.3) is 0 Å². The van der Waals surface area contributed by atoms with E-state index in [1.807, 2.05) is 56.3 Å². The Hall–Kier alpha value is -3.83. The monoisotopic (exact) mass is 518 g/mol. The molecule has 3 amide bonds. The Bertz CT molecular complexity index is 1410. The van der Waals surface area contributed by atoms with Crippen molar-refractivity contribution in [2.45, 2.75) is 44.2 Å². The van der Waals surface area contributed by atoms with Crippen molar-refractivity contribution < 1.29 is 24.2 Å². The molecule has 1 spiro atoms. The number of nitrogens with one attached hydrogen (secondary N) is 2. The van der Waals surface area contributed by atoms with Gasteiger partial charge >= 0.3 is 0 Å². The van der Waals surface area contributed by atoms with Crippen LogP contribution in [0.2, 0.25) is 0 Å². The SMILES string of the molecule is CC1CC23O[C@@]1(C)[C@H](C(=O)Nc1ccccc1)[C@H]2C(=O)N(CCO)C3C(=O)NCn1nnc2ccccc21. The number of anilines is 1. The zero-order valence-corrected chi connectivity index (χ0v) is 21.2. The zero-order valence-electron chi connectivity index (χ0n) is 21.2. The summed E-state index contributed by atoms with van der Waals surface area (Å²) in [6.07, 6.45) is 0.446. The first-order valence-corrected chi connectivity index (χ1v) is 12.8. The van der Waals surface area contributed by atoms with E-state index in [2.05, 4.69) is 20.9 Å². The van der Waals surface area contributed by atoms with Gasteiger partial charge in [-0.05, 0) is 43.5 Å². The molecule has 198 valence electrons. The molecule has 3 fully saturated rings. The average Bonchev–Trinajstić information content (AvgIpc) is 3.57. The van der Waals surface area contributed by atoms with Crippen molar-refractivity contribution in [3.63, 3.8) is 0 Å². The molecule has 0 saturated carbocycles. The van der Waals surface area contributed by atoms with Crippen LogP contribution in [-0.4, -0.2) is 73.1 Å². The summed E-state index contributed by atoms with van der Waals surface area (Å²) in [4.78, 5) is 42.7. The number of amides is 3. The summed E-state index contributed by atoms with van der Waals surface area (Å²) in [6, 6.07) is 15.5. The van der Waals surface area contributed by atoms with Crippen molar-refractivity contribution in [1.29, 1.82) is 0 Å². The molecule has 3 saturated heterocycles. The molecule has 3 aliphatic heterocycles. The fourth-order valence-corrected chi connectivity index (χ4v) is 6.81. The van der Waals surface area contributed by atoms with Crippen molar-refractivity contribution in [3.8, 4) is 0 Å². The molecule has 3 aromatic rings. The maximum Gasteiger partial charge on any atom is 0.247 e. The minimum Gasteiger partial charge on any atom is -0.395 e. The Morgan fingerprint density at radius 2 is 1.87 bits per heavy atom. The Kier molecular flexibility index (Phi) is 5.73. The summed E-state index contributed by atoms with van der Waals surface area (Å²) in [5, 5.41) is 23.8. The maximum absolute atomic E-state index is 13.8. The van der Waals surface area contributed by atoms with Gasteiger partial charge in [0.2, 0.25) is 17.7 Å². The highest BCUT2D eigenvalue weighted by Gasteiger charge is 2.79. The number of likely N-dealkylation sites (tertiary alicyclic amines) is 1. The van der Waals surface area contributed by atoms with Crippen molar-refractivity contribution >= 4 is 34.4 Å². The van der Waals surface area contributed by atoms with Crippen LogP contribution in [0.1, 0.15) is 20.3 Å². The van der Waals surface area contributed by atoms with Crippen LogP contribution in [0, 0.1) is 17.8 Å². The smallest absolute Gasteiger partial charge is 0.247 e. The Morgan fingerprint density at radius 1 is 1.13 bits per heavy atom. The number of fused-ring (bicyclic) bond motifs is 2. The second kappa shape index (κ2) is 8.88. The van der Waals surface area contributed by atoms with Crippen LogP contribution in [0.25, 0.3) is 11.0 Å². The van der Waals surface area contributed by atoms with Gasteiger partial charge < -0.3 is 25.4 Å². The van der Waals surface area contributed by atoms with E-state index in [9.17, 15) is 19.5 Å². The molecule has 2 aromatic carbocycles. The number of β-amino-alcohol motifs (C(OH)–C–C–N with tert-alkyl or cyclic N) is 1. The van der Waals surface area contributed by atoms with E-state index in [0.717, 1.165) is 5.52 Å². The van der Waals surface area contributed by atoms with Crippen LogP contribution in [-0.2, 0) is 25.8 Å². The molecule has 6 rings (SSSR count). The van der Waals surface area contributed by atoms with Crippen molar-refractivity contribution in [2.75, 3.05) is 18.5 Å². The first kappa shape index (κ1) is 24.5. The van der Waals surface area contributed by atoms with Crippen molar-refractivity contribution in [1.82, 2.24) is 25.2 Å². The number of ether oxygens (including phenoxy) is 1. The molecule has 3 aliphatic rings. The minimum atomic E-state index is -1.19. The van der Waals surface area contributed by atoms with Crippen molar-refractivity contribution in [2.24, 2.45) is 17.8 Å². The van der Waals surface area contributed by atoms with Crippen LogP contribution in [0.4, 0.5) is 5.69 Å². The van der Waals surface area contributed by atoms with Gasteiger partial charge in [0.15, 0.2) is 0 Å². The lowest BCUT2D eigenvalue weighted by Crippen LogP contribution is -2.56. The number of para-hydroxylation sites is 2. The molecule has 11 nitrogen and oxygen atoms in total. The number of carbonyl (C=O) groups is 3. The second-order valence-electron chi connectivity index (χ2n) is 10.6. The van der Waals surface area contributed by atoms with Gasteiger partial charge in [-0.3, -0.25) is 14.4 Å². The largest absolute Gasteiger partial charge is 0.395 e. The minimum absolute atomic E-state index is 0.0388. The van der Waals surface area contributed by atoms with Crippen molar-refractivity contribution in [3.05, 3.63) is 54.6 Å². The molecule has 4 heterocycles. The number of aromatic nitrogens is 3. The fourth-order valence-electron chi connectivity index (χ4n) is 6.81. The van der Waals surface area contributed by atoms with E-state index in [1.165, 1.54) is 4.90 Å². The van der Waals surface area contributed by atoms with Gasteiger partial charge in [-0.2, -0.15) is 0 Å². The number of nitrogens with zero attached hydrogens (tertiary/aromatic N) is 4. The molecule has 1 aromatic heterocycles. The van der Waals surface area contributed by atoms with Crippen LogP contribution in [0.3, 0.4) is 0 Å². The molecular formula is C27H30N6O5. The molecule has 0 aliphatic carbocycles. The molecule has 3 unspecified atom stereocenters. The van der Waals surface area contributed by atoms with Crippen LogP contribution < -0.4 is 10.6 Å². The fraction of sp³-hybridized carbons (Fsp3) is 0.444. The summed E-state index contributed by atoms with van der Waals surface area (Å²) in [5.74, 6) is -2.81. The van der Waals surface area contributed by atoms with Gasteiger partial charge in [-0.15, -0.1) is 5.10 Å². The van der Waals surface area contributed by atoms with E-state index in [-0.39, 0.29) is 37.6 Å². The van der Waals surface area contributed by atoms with Gasteiger partial charge in [-0.25, -0.2) is 4.68 Å². The highest BCUT2D eigenvalue weighted by molar-refractivity contribution is 6.02. The predicted octanol–water partition coefficient (Wildman–Crippen LogP) is 1.15. The molecule has 38 heavy (non-hydrogen) atoms. The van der Waals surface area contributed by atoms with E-state index < -0.39 is 35.0 Å². The maximum atomic E-state index is 13.8. The Morgan fingerprint density at radius 3 is 2.63 bits per heavy atom. The lowest BCUT2D eigenvalue weighted by molar-refractivity contribution is -0.146. The average molecular weight is 519 g/mol. The molecule has 11 heteroatoms. The van der Waals surface area contributed by atoms with Gasteiger partial charge in [-0.1, -0.05) is 42.5 Å². The highest BCUT2D eigenvalue weighted by atomic mass is 16.5. The van der Waals surface area contributed by atoms with Crippen LogP contribution in [0.15, 0.2) is 54.6 Å². The summed E-state index contributed by atoms with van der Waals surface area (Å²) in [6.45, 7) is 3.54. The first-order chi connectivity index (χ1) is 18.3. The standard InChI is InChI=1S/C27H30N6O5/c1-16-14-27-21(20(26(16,2)38-27)23(35)29-17-8-4-3-5-9-17)25(37)32(12-13-34)22(27)24(36)28-15-33-19-11-7-6-10-18(19)30-31-33/h3-11,16,20-22,34H,12-15H2,1-2H3,(H,28,36)(H,29,35)/t16?,20-,21-,22?,26+,27?/m0/s1. The van der Waals surface area contributed by atoms with E-state index in [0.29, 0.717) is 17.6 Å². The normalized spacial score (nSPS) is 31.6. The summed E-state index contributed by atoms with van der Waals surface area (Å²) in [7, 11) is 0. The summed E-state index contributed by atoms with van der Waals surface area (Å²) >= 11 is 0. The predicted molar refractivity (Wildman–Crippen MR) is 136 cm³/mol. The van der Waals surface area contributed by atoms with E-state index in [4.69, 9.17) is 4.74 Å². The number of aliphatic hydroxyl groups excluding tert-OH is 1. The molecule has 0 radical (unpaired) electrons. The Balaban J connectivity index is 1.32. The molecule has 3 N–H and O–H groups in total. The third-order valence-corrected chi connectivity index (χ3v) is 8.55.